The Bertz CT molecular complexity index is 943. The molecule has 0 aromatic heterocycles. The van der Waals surface area contributed by atoms with Gasteiger partial charge in [0.2, 0.25) is 0 Å². The van der Waals surface area contributed by atoms with E-state index in [1.807, 2.05) is 6.08 Å². The summed E-state index contributed by atoms with van der Waals surface area (Å²) in [5.74, 6) is 0.209. The molecule has 0 saturated heterocycles. The van der Waals surface area contributed by atoms with Gasteiger partial charge in [-0.25, -0.2) is 0 Å². The summed E-state index contributed by atoms with van der Waals surface area (Å²) in [6.07, 6.45) is 0.484. The van der Waals surface area contributed by atoms with Crippen LogP contribution in [-0.2, 0) is 0 Å². The molecule has 4 rings (SSSR count). The van der Waals surface area contributed by atoms with Crippen molar-refractivity contribution in [2.75, 3.05) is 0 Å². The largest absolute Gasteiger partial charge is 0.429 e. The minimum absolute atomic E-state index is 0.0223. The summed E-state index contributed by atoms with van der Waals surface area (Å²) in [6.45, 7) is 2.15. The van der Waals surface area contributed by atoms with E-state index in [4.69, 9.17) is 0 Å². The Morgan fingerprint density at radius 1 is 0.972 bits per heavy atom. The molecule has 0 bridgehead atoms. The van der Waals surface area contributed by atoms with E-state index < -0.39 is 35.6 Å². The fourth-order valence-corrected chi connectivity index (χ4v) is 6.71. The van der Waals surface area contributed by atoms with Crippen LogP contribution in [0.15, 0.2) is 47.1 Å². The van der Waals surface area contributed by atoms with Gasteiger partial charge in [0, 0.05) is 0 Å². The van der Waals surface area contributed by atoms with Crippen LogP contribution in [-0.4, -0.2) is 45.5 Å². The normalized spacial score (nSPS) is 34.2. The number of halogens is 6. The summed E-state index contributed by atoms with van der Waals surface area (Å²) in [6, 6.07) is 0. The zero-order chi connectivity index (χ0) is 26.6. The fraction of sp³-hybridized carbons (Fsp3) is 0.704. The maximum absolute atomic E-state index is 13.0. The van der Waals surface area contributed by atoms with E-state index in [0.717, 1.165) is 42.9 Å². The van der Waals surface area contributed by atoms with Crippen LogP contribution in [0.1, 0.15) is 71.1 Å². The molecule has 36 heavy (non-hydrogen) atoms. The van der Waals surface area contributed by atoms with Crippen LogP contribution in [0.3, 0.4) is 0 Å². The first-order valence-electron chi connectivity index (χ1n) is 12.6. The highest BCUT2D eigenvalue weighted by atomic mass is 19.4. The number of hydrogen-bond acceptors (Lipinski definition) is 3. The fourth-order valence-electron chi connectivity index (χ4n) is 6.71. The Balaban J connectivity index is 1.51. The third-order valence-electron chi connectivity index (χ3n) is 8.78. The number of fused-ring (bicyclic) bond motifs is 1. The lowest BCUT2D eigenvalue weighted by Crippen LogP contribution is -2.55. The average molecular weight is 521 g/mol. The molecule has 4 aliphatic rings. The van der Waals surface area contributed by atoms with Crippen molar-refractivity contribution in [3.63, 3.8) is 0 Å². The predicted molar refractivity (Wildman–Crippen MR) is 123 cm³/mol. The van der Waals surface area contributed by atoms with Gasteiger partial charge in [0.25, 0.3) is 5.60 Å². The van der Waals surface area contributed by atoms with Crippen molar-refractivity contribution in [1.29, 1.82) is 0 Å². The van der Waals surface area contributed by atoms with Crippen LogP contribution in [0.25, 0.3) is 0 Å². The summed E-state index contributed by atoms with van der Waals surface area (Å²) >= 11 is 0. The number of aliphatic hydroxyl groups is 3. The van der Waals surface area contributed by atoms with Crippen LogP contribution in [0, 0.1) is 16.7 Å². The molecule has 3 N–H and O–H groups in total. The molecule has 3 fully saturated rings. The average Bonchev–Trinajstić information content (AvgIpc) is 3.42. The smallest absolute Gasteiger partial charge is 0.393 e. The second-order valence-electron chi connectivity index (χ2n) is 11.3. The zero-order valence-corrected chi connectivity index (χ0v) is 20.3. The lowest BCUT2D eigenvalue weighted by molar-refractivity contribution is -0.347. The van der Waals surface area contributed by atoms with Gasteiger partial charge in [-0.1, -0.05) is 47.9 Å². The highest BCUT2D eigenvalue weighted by molar-refractivity contribution is 5.40. The molecule has 0 radical (unpaired) electrons. The molecular formula is C27H34F6O3. The van der Waals surface area contributed by atoms with Crippen LogP contribution in [0.5, 0.6) is 0 Å². The SMILES string of the molecule is C[C@]12CCC/C(=C\C=C3C[C@@H](O)C[C@H](O)C3)[C@@H]1CC=C2C1(C/C=C\C(O)(C(F)(F)F)C(F)(F)F)CC1. The molecule has 0 spiro atoms. The van der Waals surface area contributed by atoms with Gasteiger partial charge < -0.3 is 15.3 Å². The van der Waals surface area contributed by atoms with E-state index >= 15 is 0 Å². The maximum Gasteiger partial charge on any atom is 0.429 e. The van der Waals surface area contributed by atoms with Gasteiger partial charge in [-0.3, -0.25) is 0 Å². The van der Waals surface area contributed by atoms with Crippen LogP contribution >= 0.6 is 0 Å². The Morgan fingerprint density at radius 2 is 1.58 bits per heavy atom. The predicted octanol–water partition coefficient (Wildman–Crippen LogP) is 6.46. The van der Waals surface area contributed by atoms with E-state index in [0.29, 0.717) is 32.1 Å². The third kappa shape index (κ3) is 4.95. The molecule has 4 atom stereocenters. The Morgan fingerprint density at radius 3 is 2.14 bits per heavy atom. The third-order valence-corrected chi connectivity index (χ3v) is 8.78. The van der Waals surface area contributed by atoms with Crippen LogP contribution in [0.2, 0.25) is 0 Å². The van der Waals surface area contributed by atoms with Crippen LogP contribution in [0.4, 0.5) is 26.3 Å². The summed E-state index contributed by atoms with van der Waals surface area (Å²) in [5, 5.41) is 29.3. The first-order valence-corrected chi connectivity index (χ1v) is 12.6. The molecule has 0 amide bonds. The quantitative estimate of drug-likeness (QED) is 0.288. The van der Waals surface area contributed by atoms with E-state index in [9.17, 15) is 41.7 Å². The second kappa shape index (κ2) is 9.31. The van der Waals surface area contributed by atoms with Crippen molar-refractivity contribution in [2.24, 2.45) is 16.7 Å². The molecule has 0 aromatic carbocycles. The number of alkyl halides is 6. The van der Waals surface area contributed by atoms with E-state index in [1.165, 1.54) is 5.57 Å². The van der Waals surface area contributed by atoms with Crippen LogP contribution < -0.4 is 0 Å². The van der Waals surface area contributed by atoms with Gasteiger partial charge in [-0.15, -0.1) is 0 Å². The van der Waals surface area contributed by atoms with Crippen molar-refractivity contribution in [1.82, 2.24) is 0 Å². The monoisotopic (exact) mass is 520 g/mol. The minimum Gasteiger partial charge on any atom is -0.393 e. The van der Waals surface area contributed by atoms with Crippen molar-refractivity contribution in [2.45, 2.75) is 101 Å². The first kappa shape index (κ1) is 27.5. The lowest BCUT2D eigenvalue weighted by Gasteiger charge is -2.43. The van der Waals surface area contributed by atoms with Crippen molar-refractivity contribution in [3.8, 4) is 0 Å². The number of hydrogen-bond donors (Lipinski definition) is 3. The molecule has 4 aliphatic carbocycles. The first-order chi connectivity index (χ1) is 16.6. The van der Waals surface area contributed by atoms with E-state index in [1.54, 1.807) is 0 Å². The van der Waals surface area contributed by atoms with Gasteiger partial charge in [0.15, 0.2) is 0 Å². The summed E-state index contributed by atoms with van der Waals surface area (Å²) in [4.78, 5) is 0. The van der Waals surface area contributed by atoms with Gasteiger partial charge in [0.05, 0.1) is 12.2 Å². The lowest BCUT2D eigenvalue weighted by atomic mass is 9.61. The molecule has 3 nitrogen and oxygen atoms in total. The maximum atomic E-state index is 13.0. The standard InChI is InChI=1S/C27H34F6O3/c1-23-9-2-4-18(6-5-17-14-19(34)16-20(35)15-17)21(23)7-8-22(23)24(12-13-24)10-3-11-25(36,26(28,29)30)27(31,32)33/h3,5-6,8,11,19-21,34-36H,2,4,7,9-10,12-16H2,1H3/b11-3-,18-6+/t19-,20-,21+,23+/m1/s1. The number of rotatable bonds is 5. The molecule has 0 aliphatic heterocycles. The van der Waals surface area contributed by atoms with Gasteiger partial charge in [-0.05, 0) is 87.0 Å². The Labute approximate surface area is 207 Å². The van der Waals surface area contributed by atoms with Crippen molar-refractivity contribution >= 4 is 0 Å². The van der Waals surface area contributed by atoms with Crippen molar-refractivity contribution < 1.29 is 41.7 Å². The van der Waals surface area contributed by atoms with Crippen molar-refractivity contribution in [3.05, 3.63) is 47.1 Å². The molecule has 202 valence electrons. The van der Waals surface area contributed by atoms with Gasteiger partial charge >= 0.3 is 12.4 Å². The number of aliphatic hydroxyl groups excluding tert-OH is 2. The second-order valence-corrected chi connectivity index (χ2v) is 11.3. The minimum atomic E-state index is -5.86. The summed E-state index contributed by atoms with van der Waals surface area (Å²) < 4.78 is 78.2. The Kier molecular flexibility index (Phi) is 7.10. The topological polar surface area (TPSA) is 60.7 Å². The molecule has 0 heterocycles. The highest BCUT2D eigenvalue weighted by Gasteiger charge is 2.69. The molecule has 3 saturated carbocycles. The summed E-state index contributed by atoms with van der Waals surface area (Å²) in [7, 11) is 0. The van der Waals surface area contributed by atoms with E-state index in [2.05, 4.69) is 19.1 Å². The van der Waals surface area contributed by atoms with Gasteiger partial charge in [-0.2, -0.15) is 26.3 Å². The Hall–Kier alpha value is -1.58. The highest BCUT2D eigenvalue weighted by Crippen LogP contribution is 2.67. The molecule has 0 aromatic rings. The zero-order valence-electron chi connectivity index (χ0n) is 20.3. The number of allylic oxidation sites excluding steroid dienone is 6. The summed E-state index contributed by atoms with van der Waals surface area (Å²) in [5.41, 5.74) is -2.17. The molecule has 0 unspecified atom stereocenters. The molecule has 9 heteroatoms. The molecular weight excluding hydrogens is 486 g/mol. The van der Waals surface area contributed by atoms with Gasteiger partial charge in [0.1, 0.15) is 0 Å². The van der Waals surface area contributed by atoms with E-state index in [-0.39, 0.29) is 23.8 Å².